The summed E-state index contributed by atoms with van der Waals surface area (Å²) >= 11 is 0. The van der Waals surface area contributed by atoms with Gasteiger partial charge in [0.25, 0.3) is 0 Å². The molecule has 0 aromatic heterocycles. The lowest BCUT2D eigenvalue weighted by Gasteiger charge is -2.17. The van der Waals surface area contributed by atoms with E-state index in [4.69, 9.17) is 4.18 Å². The Morgan fingerprint density at radius 1 is 1.29 bits per heavy atom. The Labute approximate surface area is 126 Å². The van der Waals surface area contributed by atoms with Crippen molar-refractivity contribution in [2.45, 2.75) is 19.9 Å². The van der Waals surface area contributed by atoms with Crippen LogP contribution in [0.1, 0.15) is 13.8 Å². The van der Waals surface area contributed by atoms with Crippen molar-refractivity contribution >= 4 is 16.0 Å². The number of rotatable bonds is 8. The zero-order valence-corrected chi connectivity index (χ0v) is 13.4. The Bertz CT molecular complexity index is 543. The van der Waals surface area contributed by atoms with Gasteiger partial charge in [-0.05, 0) is 33.0 Å². The summed E-state index contributed by atoms with van der Waals surface area (Å²) in [5.41, 5.74) is 0. The molecular formula is C14H22N2O4S. The fourth-order valence-electron chi connectivity index (χ4n) is 1.62. The summed E-state index contributed by atoms with van der Waals surface area (Å²) in [5, 5.41) is 2.75. The van der Waals surface area contributed by atoms with Crippen LogP contribution in [0.3, 0.4) is 0 Å². The second-order valence-corrected chi connectivity index (χ2v) is 6.81. The second kappa shape index (κ2) is 7.99. The van der Waals surface area contributed by atoms with E-state index in [-0.39, 0.29) is 36.5 Å². The third kappa shape index (κ3) is 7.67. The maximum Gasteiger partial charge on any atom is 0.310 e. The summed E-state index contributed by atoms with van der Waals surface area (Å²) in [6.07, 6.45) is 0. The van der Waals surface area contributed by atoms with Gasteiger partial charge < -0.3 is 9.50 Å². The van der Waals surface area contributed by atoms with Gasteiger partial charge in [-0.1, -0.05) is 18.2 Å². The average Bonchev–Trinajstić information content (AvgIpc) is 2.36. The number of para-hydroxylation sites is 1. The van der Waals surface area contributed by atoms with Crippen LogP contribution in [-0.4, -0.2) is 51.2 Å². The highest BCUT2D eigenvalue weighted by atomic mass is 32.2. The van der Waals surface area contributed by atoms with E-state index in [0.29, 0.717) is 0 Å². The van der Waals surface area contributed by atoms with E-state index in [2.05, 4.69) is 5.32 Å². The van der Waals surface area contributed by atoms with Crippen molar-refractivity contribution in [3.8, 4) is 5.75 Å². The Hall–Kier alpha value is -1.60. The molecule has 6 nitrogen and oxygen atoms in total. The minimum absolute atomic E-state index is 0.0658. The SMILES string of the molecule is CC(C)NC(=O)CN(C)CCS(=O)(=O)Oc1ccccc1. The number of carbonyl (C=O) groups excluding carboxylic acids is 1. The Balaban J connectivity index is 2.41. The van der Waals surface area contributed by atoms with Crippen LogP contribution >= 0.6 is 0 Å². The fraction of sp³-hybridized carbons (Fsp3) is 0.500. The molecule has 0 atom stereocenters. The molecule has 0 radical (unpaired) electrons. The van der Waals surface area contributed by atoms with E-state index >= 15 is 0 Å². The van der Waals surface area contributed by atoms with Crippen molar-refractivity contribution < 1.29 is 17.4 Å². The first kappa shape index (κ1) is 17.5. The van der Waals surface area contributed by atoms with E-state index in [1.54, 1.807) is 42.3 Å². The van der Waals surface area contributed by atoms with Gasteiger partial charge in [0.2, 0.25) is 5.91 Å². The van der Waals surface area contributed by atoms with Crippen LogP contribution in [0.2, 0.25) is 0 Å². The van der Waals surface area contributed by atoms with E-state index in [1.165, 1.54) is 0 Å². The Morgan fingerprint density at radius 3 is 2.48 bits per heavy atom. The molecule has 0 bridgehead atoms. The van der Waals surface area contributed by atoms with Gasteiger partial charge in [-0.15, -0.1) is 0 Å². The lowest BCUT2D eigenvalue weighted by Crippen LogP contribution is -2.40. The number of benzene rings is 1. The molecule has 0 heterocycles. The monoisotopic (exact) mass is 314 g/mol. The van der Waals surface area contributed by atoms with Gasteiger partial charge in [-0.25, -0.2) is 0 Å². The molecule has 1 amide bonds. The van der Waals surface area contributed by atoms with Gasteiger partial charge in [0.05, 0.1) is 12.3 Å². The molecular weight excluding hydrogens is 292 g/mol. The number of hydrogen-bond donors (Lipinski definition) is 1. The van der Waals surface area contributed by atoms with Gasteiger partial charge in [0, 0.05) is 12.6 Å². The smallest absolute Gasteiger partial charge is 0.310 e. The van der Waals surface area contributed by atoms with Crippen LogP contribution in [0.4, 0.5) is 0 Å². The standard InChI is InChI=1S/C14H22N2O4S/c1-12(2)15-14(17)11-16(3)9-10-21(18,19)20-13-7-5-4-6-8-13/h4-8,12H,9-11H2,1-3H3,(H,15,17). The van der Waals surface area contributed by atoms with E-state index in [0.717, 1.165) is 0 Å². The highest BCUT2D eigenvalue weighted by Gasteiger charge is 2.15. The van der Waals surface area contributed by atoms with Crippen molar-refractivity contribution in [1.29, 1.82) is 0 Å². The summed E-state index contributed by atoms with van der Waals surface area (Å²) in [6.45, 7) is 4.12. The van der Waals surface area contributed by atoms with Gasteiger partial charge >= 0.3 is 10.1 Å². The van der Waals surface area contributed by atoms with Crippen LogP contribution in [0.25, 0.3) is 0 Å². The quantitative estimate of drug-likeness (QED) is 0.720. The minimum Gasteiger partial charge on any atom is -0.382 e. The highest BCUT2D eigenvalue weighted by Crippen LogP contribution is 2.11. The summed E-state index contributed by atoms with van der Waals surface area (Å²) in [5.74, 6) is -0.0144. The third-order valence-electron chi connectivity index (χ3n) is 2.55. The number of likely N-dealkylation sites (N-methyl/N-ethyl adjacent to an activating group) is 1. The topological polar surface area (TPSA) is 75.7 Å². The maximum absolute atomic E-state index is 11.8. The first-order valence-electron chi connectivity index (χ1n) is 6.73. The molecule has 0 spiro atoms. The van der Waals surface area contributed by atoms with Crippen molar-refractivity contribution in [2.75, 3.05) is 25.9 Å². The van der Waals surface area contributed by atoms with Gasteiger partial charge in [0.15, 0.2) is 0 Å². The number of nitrogens with one attached hydrogen (secondary N) is 1. The molecule has 1 aromatic carbocycles. The molecule has 0 aliphatic carbocycles. The molecule has 118 valence electrons. The van der Waals surface area contributed by atoms with Gasteiger partial charge in [-0.2, -0.15) is 8.42 Å². The van der Waals surface area contributed by atoms with E-state index in [9.17, 15) is 13.2 Å². The highest BCUT2D eigenvalue weighted by molar-refractivity contribution is 7.87. The predicted molar refractivity (Wildman–Crippen MR) is 81.6 cm³/mol. The molecule has 1 aromatic rings. The molecule has 0 saturated carbocycles. The molecule has 0 fully saturated rings. The van der Waals surface area contributed by atoms with Crippen molar-refractivity contribution in [3.63, 3.8) is 0 Å². The van der Waals surface area contributed by atoms with E-state index < -0.39 is 10.1 Å². The van der Waals surface area contributed by atoms with Gasteiger partial charge in [0.1, 0.15) is 5.75 Å². The molecule has 1 N–H and O–H groups in total. The fourth-order valence-corrected chi connectivity index (χ4v) is 2.65. The van der Waals surface area contributed by atoms with Crippen molar-refractivity contribution in [2.24, 2.45) is 0 Å². The number of nitrogens with zero attached hydrogens (tertiary/aromatic N) is 1. The maximum atomic E-state index is 11.8. The largest absolute Gasteiger partial charge is 0.382 e. The molecule has 0 saturated heterocycles. The molecule has 1 rings (SSSR count). The molecule has 0 aliphatic rings. The summed E-state index contributed by atoms with van der Waals surface area (Å²) in [7, 11) is -1.97. The van der Waals surface area contributed by atoms with Crippen LogP contribution in [0.15, 0.2) is 30.3 Å². The first-order chi connectivity index (χ1) is 9.78. The minimum atomic E-state index is -3.66. The zero-order chi connectivity index (χ0) is 15.9. The predicted octanol–water partition coefficient (Wildman–Crippen LogP) is 0.852. The zero-order valence-electron chi connectivity index (χ0n) is 12.6. The lowest BCUT2D eigenvalue weighted by atomic mass is 10.3. The Morgan fingerprint density at radius 2 is 1.90 bits per heavy atom. The lowest BCUT2D eigenvalue weighted by molar-refractivity contribution is -0.122. The molecule has 21 heavy (non-hydrogen) atoms. The number of carbonyl (C=O) groups is 1. The average molecular weight is 314 g/mol. The number of hydrogen-bond acceptors (Lipinski definition) is 5. The first-order valence-corrected chi connectivity index (χ1v) is 8.31. The third-order valence-corrected chi connectivity index (χ3v) is 3.68. The van der Waals surface area contributed by atoms with E-state index in [1.807, 2.05) is 13.8 Å². The summed E-state index contributed by atoms with van der Waals surface area (Å²) < 4.78 is 28.6. The van der Waals surface area contributed by atoms with Crippen LogP contribution in [-0.2, 0) is 14.9 Å². The van der Waals surface area contributed by atoms with Crippen LogP contribution < -0.4 is 9.50 Å². The van der Waals surface area contributed by atoms with Crippen molar-refractivity contribution in [1.82, 2.24) is 10.2 Å². The Kier molecular flexibility index (Phi) is 6.64. The summed E-state index contributed by atoms with van der Waals surface area (Å²) in [4.78, 5) is 13.2. The second-order valence-electron chi connectivity index (χ2n) is 5.12. The number of amides is 1. The molecule has 0 aliphatic heterocycles. The van der Waals surface area contributed by atoms with Gasteiger partial charge in [-0.3, -0.25) is 9.69 Å². The van der Waals surface area contributed by atoms with Crippen LogP contribution in [0, 0.1) is 0 Å². The normalized spacial score (nSPS) is 11.7. The molecule has 0 unspecified atom stereocenters. The van der Waals surface area contributed by atoms with Crippen molar-refractivity contribution in [3.05, 3.63) is 30.3 Å². The summed E-state index contributed by atoms with van der Waals surface area (Å²) in [6, 6.07) is 8.41. The molecule has 7 heteroatoms. The van der Waals surface area contributed by atoms with Crippen LogP contribution in [0.5, 0.6) is 5.75 Å².